The Kier molecular flexibility index (Phi) is 6.83. The zero-order valence-corrected chi connectivity index (χ0v) is 30.4. The molecule has 6 nitrogen and oxygen atoms in total. The molecular formula is C51H30N4O2. The molecule has 0 radical (unpaired) electrons. The van der Waals surface area contributed by atoms with Gasteiger partial charge in [0, 0.05) is 54.7 Å². The third-order valence-corrected chi connectivity index (χ3v) is 11.1. The van der Waals surface area contributed by atoms with Gasteiger partial charge in [0.05, 0.1) is 11.0 Å². The molecule has 8 aromatic carbocycles. The SMILES string of the molecule is c1ccc(-c2ccc3c(c2)c2ccccc2n3-c2ccc(-c3nc(-c4ccc5oc6ccccc6c5c4)nc(-c4cccc5oc6ccccc6c45)n3)cc2)cc1. The van der Waals surface area contributed by atoms with Crippen molar-refractivity contribution >= 4 is 65.7 Å². The van der Waals surface area contributed by atoms with Crippen LogP contribution in [0.1, 0.15) is 0 Å². The van der Waals surface area contributed by atoms with Crippen LogP contribution in [0.3, 0.4) is 0 Å². The number of hydrogen-bond acceptors (Lipinski definition) is 5. The van der Waals surface area contributed by atoms with Gasteiger partial charge in [0.15, 0.2) is 17.5 Å². The Morgan fingerprint density at radius 1 is 0.333 bits per heavy atom. The van der Waals surface area contributed by atoms with Gasteiger partial charge in [-0.05, 0) is 90.0 Å². The molecule has 4 aromatic heterocycles. The number of para-hydroxylation sites is 3. The molecule has 57 heavy (non-hydrogen) atoms. The van der Waals surface area contributed by atoms with Crippen molar-refractivity contribution in [3.05, 3.63) is 182 Å². The van der Waals surface area contributed by atoms with E-state index in [-0.39, 0.29) is 0 Å². The largest absolute Gasteiger partial charge is 0.456 e. The van der Waals surface area contributed by atoms with Gasteiger partial charge in [-0.2, -0.15) is 0 Å². The first-order chi connectivity index (χ1) is 28.2. The van der Waals surface area contributed by atoms with Crippen LogP contribution >= 0.6 is 0 Å². The fraction of sp³-hybridized carbons (Fsp3) is 0. The predicted molar refractivity (Wildman–Crippen MR) is 230 cm³/mol. The molecule has 0 unspecified atom stereocenters. The van der Waals surface area contributed by atoms with Crippen LogP contribution in [-0.4, -0.2) is 19.5 Å². The van der Waals surface area contributed by atoms with Crippen LogP contribution in [-0.2, 0) is 0 Å². The maximum absolute atomic E-state index is 6.28. The minimum Gasteiger partial charge on any atom is -0.456 e. The van der Waals surface area contributed by atoms with Crippen molar-refractivity contribution in [2.24, 2.45) is 0 Å². The number of furan rings is 2. The van der Waals surface area contributed by atoms with E-state index in [0.717, 1.165) is 77.3 Å². The summed E-state index contributed by atoms with van der Waals surface area (Å²) in [7, 11) is 0. The number of benzene rings is 8. The van der Waals surface area contributed by atoms with Gasteiger partial charge in [0.25, 0.3) is 0 Å². The summed E-state index contributed by atoms with van der Waals surface area (Å²) in [6.45, 7) is 0. The highest BCUT2D eigenvalue weighted by atomic mass is 16.3. The molecule has 0 spiro atoms. The summed E-state index contributed by atoms with van der Waals surface area (Å²) >= 11 is 0. The van der Waals surface area contributed by atoms with E-state index < -0.39 is 0 Å². The van der Waals surface area contributed by atoms with E-state index in [1.807, 2.05) is 60.7 Å². The quantitative estimate of drug-likeness (QED) is 0.176. The average Bonchev–Trinajstić information content (AvgIpc) is 3.96. The Morgan fingerprint density at radius 2 is 0.912 bits per heavy atom. The predicted octanol–water partition coefficient (Wildman–Crippen LogP) is 13.4. The second-order valence-electron chi connectivity index (χ2n) is 14.4. The van der Waals surface area contributed by atoms with Gasteiger partial charge in [0.2, 0.25) is 0 Å². The average molecular weight is 731 g/mol. The van der Waals surface area contributed by atoms with Crippen LogP contribution < -0.4 is 0 Å². The van der Waals surface area contributed by atoms with Crippen LogP contribution in [0.15, 0.2) is 191 Å². The molecule has 0 N–H and O–H groups in total. The molecule has 266 valence electrons. The Labute approximate surface area is 325 Å². The fourth-order valence-corrected chi connectivity index (χ4v) is 8.40. The molecule has 0 bridgehead atoms. The fourth-order valence-electron chi connectivity index (χ4n) is 8.40. The summed E-state index contributed by atoms with van der Waals surface area (Å²) < 4.78 is 14.8. The standard InChI is InChI=1S/C51H30N4O2/c1-2-11-31(12-3-1)33-23-27-43-40(29-33)36-13-4-7-17-42(36)55(43)35-25-21-32(22-26-35)49-52-50(34-24-28-46-41(30-34)37-14-5-8-18-44(37)56-46)54-51(53-49)39-16-10-20-47-48(39)38-15-6-9-19-45(38)57-47/h1-30H. The maximum Gasteiger partial charge on any atom is 0.164 e. The van der Waals surface area contributed by atoms with Crippen LogP contribution in [0.5, 0.6) is 0 Å². The van der Waals surface area contributed by atoms with Crippen molar-refractivity contribution in [2.75, 3.05) is 0 Å². The first-order valence-corrected chi connectivity index (χ1v) is 19.0. The van der Waals surface area contributed by atoms with Crippen LogP contribution in [0.2, 0.25) is 0 Å². The molecule has 12 aromatic rings. The van der Waals surface area contributed by atoms with Crippen molar-refractivity contribution < 1.29 is 8.83 Å². The lowest BCUT2D eigenvalue weighted by Crippen LogP contribution is -2.01. The lowest BCUT2D eigenvalue weighted by molar-refractivity contribution is 0.668. The van der Waals surface area contributed by atoms with Gasteiger partial charge in [-0.25, -0.2) is 15.0 Å². The van der Waals surface area contributed by atoms with Crippen LogP contribution in [0.4, 0.5) is 0 Å². The molecule has 0 aliphatic heterocycles. The minimum absolute atomic E-state index is 0.574. The van der Waals surface area contributed by atoms with Gasteiger partial charge in [-0.1, -0.05) is 103 Å². The highest BCUT2D eigenvalue weighted by Crippen LogP contribution is 2.39. The van der Waals surface area contributed by atoms with Gasteiger partial charge >= 0.3 is 0 Å². The van der Waals surface area contributed by atoms with Gasteiger partial charge < -0.3 is 13.4 Å². The van der Waals surface area contributed by atoms with Crippen molar-refractivity contribution in [1.82, 2.24) is 19.5 Å². The molecule has 4 heterocycles. The van der Waals surface area contributed by atoms with Crippen molar-refractivity contribution in [3.8, 4) is 51.0 Å². The minimum atomic E-state index is 0.574. The number of fused-ring (bicyclic) bond motifs is 9. The summed E-state index contributed by atoms with van der Waals surface area (Å²) in [4.78, 5) is 15.5. The molecule has 0 atom stereocenters. The van der Waals surface area contributed by atoms with E-state index in [1.165, 1.54) is 21.9 Å². The Balaban J connectivity index is 1.03. The first kappa shape index (κ1) is 31.5. The zero-order valence-electron chi connectivity index (χ0n) is 30.4. The third kappa shape index (κ3) is 5.01. The van der Waals surface area contributed by atoms with E-state index >= 15 is 0 Å². The first-order valence-electron chi connectivity index (χ1n) is 19.0. The van der Waals surface area contributed by atoms with Crippen molar-refractivity contribution in [3.63, 3.8) is 0 Å². The Bertz CT molecular complexity index is 3520. The topological polar surface area (TPSA) is 69.9 Å². The highest BCUT2D eigenvalue weighted by molar-refractivity contribution is 6.12. The number of hydrogen-bond donors (Lipinski definition) is 0. The van der Waals surface area contributed by atoms with E-state index in [4.69, 9.17) is 23.8 Å². The van der Waals surface area contributed by atoms with Crippen molar-refractivity contribution in [2.45, 2.75) is 0 Å². The summed E-state index contributed by atoms with van der Waals surface area (Å²) in [5, 5.41) is 6.49. The summed E-state index contributed by atoms with van der Waals surface area (Å²) in [5.74, 6) is 1.73. The summed E-state index contributed by atoms with van der Waals surface area (Å²) in [6, 6.07) is 62.8. The molecule has 0 saturated carbocycles. The van der Waals surface area contributed by atoms with Crippen molar-refractivity contribution in [1.29, 1.82) is 0 Å². The van der Waals surface area contributed by atoms with Crippen LogP contribution in [0.25, 0.3) is 117 Å². The molecule has 6 heteroatoms. The van der Waals surface area contributed by atoms with E-state index in [2.05, 4.69) is 126 Å². The summed E-state index contributed by atoms with van der Waals surface area (Å²) in [6.07, 6.45) is 0. The van der Waals surface area contributed by atoms with Crippen LogP contribution in [0, 0.1) is 0 Å². The Morgan fingerprint density at radius 3 is 1.75 bits per heavy atom. The lowest BCUT2D eigenvalue weighted by Gasteiger charge is -2.11. The van der Waals surface area contributed by atoms with E-state index in [9.17, 15) is 0 Å². The second-order valence-corrected chi connectivity index (χ2v) is 14.4. The zero-order chi connectivity index (χ0) is 37.5. The number of aromatic nitrogens is 4. The smallest absolute Gasteiger partial charge is 0.164 e. The van der Waals surface area contributed by atoms with E-state index in [1.54, 1.807) is 0 Å². The number of nitrogens with zero attached hydrogens (tertiary/aromatic N) is 4. The van der Waals surface area contributed by atoms with Gasteiger partial charge in [0.1, 0.15) is 22.3 Å². The van der Waals surface area contributed by atoms with Gasteiger partial charge in [-0.15, -0.1) is 0 Å². The second kappa shape index (κ2) is 12.3. The highest BCUT2D eigenvalue weighted by Gasteiger charge is 2.19. The van der Waals surface area contributed by atoms with Gasteiger partial charge in [-0.3, -0.25) is 0 Å². The third-order valence-electron chi connectivity index (χ3n) is 11.1. The molecule has 0 aliphatic rings. The molecule has 0 fully saturated rings. The molecule has 12 rings (SSSR count). The molecule has 0 aliphatic carbocycles. The summed E-state index contributed by atoms with van der Waals surface area (Å²) in [5.41, 5.74) is 11.7. The number of rotatable bonds is 5. The molecular weight excluding hydrogens is 701 g/mol. The monoisotopic (exact) mass is 730 g/mol. The molecule has 0 amide bonds. The molecule has 0 saturated heterocycles. The Hall–Kier alpha value is -7.83. The lowest BCUT2D eigenvalue weighted by atomic mass is 10.0. The van der Waals surface area contributed by atoms with E-state index in [0.29, 0.717) is 17.5 Å². The maximum atomic E-state index is 6.28. The normalized spacial score (nSPS) is 11.9.